The second-order valence-corrected chi connectivity index (χ2v) is 9.62. The molecular weight excluding hydrogens is 504 g/mol. The third-order valence-corrected chi connectivity index (χ3v) is 6.63. The van der Waals surface area contributed by atoms with Gasteiger partial charge in [0.1, 0.15) is 17.2 Å². The smallest absolute Gasteiger partial charge is 0.323 e. The van der Waals surface area contributed by atoms with E-state index < -0.39 is 6.03 Å². The van der Waals surface area contributed by atoms with E-state index in [9.17, 15) is 9.59 Å². The van der Waals surface area contributed by atoms with E-state index in [4.69, 9.17) is 9.47 Å². The van der Waals surface area contributed by atoms with E-state index >= 15 is 0 Å². The van der Waals surface area contributed by atoms with Gasteiger partial charge < -0.3 is 25.4 Å². The molecule has 0 aliphatic carbocycles. The molecule has 0 saturated carbocycles. The summed E-state index contributed by atoms with van der Waals surface area (Å²) in [6.45, 7) is 2.58. The largest absolute Gasteiger partial charge is 0.496 e. The van der Waals surface area contributed by atoms with Crippen LogP contribution in [0.25, 0.3) is 0 Å². The second kappa shape index (κ2) is 12.8. The fourth-order valence-corrected chi connectivity index (χ4v) is 4.71. The molecule has 8 heteroatoms. The van der Waals surface area contributed by atoms with Crippen LogP contribution in [0.5, 0.6) is 17.2 Å². The Morgan fingerprint density at radius 3 is 2.27 bits per heavy atom. The average Bonchev–Trinajstić information content (AvgIpc) is 3.40. The van der Waals surface area contributed by atoms with E-state index in [1.165, 1.54) is 12.7 Å². The van der Waals surface area contributed by atoms with Crippen LogP contribution in [0.15, 0.2) is 103 Å². The zero-order valence-corrected chi connectivity index (χ0v) is 22.3. The SMILES string of the molecule is COc1cc(NC(=O)Nc2cccc(Oc3ccccc3)c2)ccc1C(=O)NC1CCN(Cc2ccccc2)C1. The summed E-state index contributed by atoms with van der Waals surface area (Å²) in [6, 6.07) is 31.5. The minimum Gasteiger partial charge on any atom is -0.496 e. The van der Waals surface area contributed by atoms with Crippen molar-refractivity contribution in [3.8, 4) is 17.2 Å². The number of hydrogen-bond donors (Lipinski definition) is 3. The molecule has 4 aromatic carbocycles. The highest BCUT2D eigenvalue weighted by molar-refractivity contribution is 6.01. The maximum absolute atomic E-state index is 13.1. The first-order valence-electron chi connectivity index (χ1n) is 13.2. The molecule has 5 rings (SSSR count). The molecule has 1 fully saturated rings. The summed E-state index contributed by atoms with van der Waals surface area (Å²) in [6.07, 6.45) is 0.887. The molecular formula is C32H32N4O4. The van der Waals surface area contributed by atoms with Crippen molar-refractivity contribution in [2.75, 3.05) is 30.8 Å². The number of carbonyl (C=O) groups excluding carboxylic acids is 2. The highest BCUT2D eigenvalue weighted by Crippen LogP contribution is 2.26. The molecule has 3 amide bonds. The third kappa shape index (κ3) is 7.18. The lowest BCUT2D eigenvalue weighted by Gasteiger charge is -2.18. The topological polar surface area (TPSA) is 91.9 Å². The van der Waals surface area contributed by atoms with E-state index in [-0.39, 0.29) is 11.9 Å². The first-order valence-corrected chi connectivity index (χ1v) is 13.2. The average molecular weight is 537 g/mol. The standard InChI is InChI=1S/C32H32N4O4/c1-39-30-20-25(35-32(38)34-24-11-8-14-28(19-24)40-27-12-6-3-7-13-27)15-16-29(30)31(37)33-26-17-18-36(22-26)21-23-9-4-2-5-10-23/h2-16,19-20,26H,17-18,21-22H2,1H3,(H,33,37)(H2,34,35,38). The van der Waals surface area contributed by atoms with Gasteiger partial charge in [0, 0.05) is 49.2 Å². The predicted octanol–water partition coefficient (Wildman–Crippen LogP) is 6.14. The van der Waals surface area contributed by atoms with Crippen LogP contribution in [0.1, 0.15) is 22.3 Å². The monoisotopic (exact) mass is 536 g/mol. The molecule has 1 saturated heterocycles. The Balaban J connectivity index is 1.15. The quantitative estimate of drug-likeness (QED) is 0.239. The number of likely N-dealkylation sites (tertiary alicyclic amines) is 1. The molecule has 0 aromatic heterocycles. The number of anilines is 2. The van der Waals surface area contributed by atoms with E-state index in [0.717, 1.165) is 26.1 Å². The molecule has 4 aromatic rings. The van der Waals surface area contributed by atoms with Crippen LogP contribution in [0, 0.1) is 0 Å². The summed E-state index contributed by atoms with van der Waals surface area (Å²) < 4.78 is 11.3. The van der Waals surface area contributed by atoms with Gasteiger partial charge in [0.05, 0.1) is 12.7 Å². The van der Waals surface area contributed by atoms with Gasteiger partial charge in [-0.3, -0.25) is 9.69 Å². The fourth-order valence-electron chi connectivity index (χ4n) is 4.71. The normalized spacial score (nSPS) is 14.8. The predicted molar refractivity (Wildman–Crippen MR) is 156 cm³/mol. The number of nitrogens with one attached hydrogen (secondary N) is 3. The number of benzene rings is 4. The van der Waals surface area contributed by atoms with Crippen LogP contribution in [-0.2, 0) is 6.54 Å². The summed E-state index contributed by atoms with van der Waals surface area (Å²) in [5.74, 6) is 1.49. The molecule has 0 radical (unpaired) electrons. The number of urea groups is 1. The Labute approximate surface area is 233 Å². The summed E-state index contributed by atoms with van der Waals surface area (Å²) >= 11 is 0. The highest BCUT2D eigenvalue weighted by Gasteiger charge is 2.25. The van der Waals surface area contributed by atoms with Gasteiger partial charge in [-0.15, -0.1) is 0 Å². The molecule has 1 atom stereocenters. The number of hydrogen-bond acceptors (Lipinski definition) is 5. The Bertz CT molecular complexity index is 1450. The second-order valence-electron chi connectivity index (χ2n) is 9.62. The molecule has 0 bridgehead atoms. The lowest BCUT2D eigenvalue weighted by Crippen LogP contribution is -2.37. The van der Waals surface area contributed by atoms with E-state index in [0.29, 0.717) is 34.2 Å². The molecule has 1 aliphatic heterocycles. The van der Waals surface area contributed by atoms with Gasteiger partial charge in [0.2, 0.25) is 0 Å². The van der Waals surface area contributed by atoms with Crippen molar-refractivity contribution in [3.05, 3.63) is 114 Å². The van der Waals surface area contributed by atoms with Crippen molar-refractivity contribution in [2.45, 2.75) is 19.0 Å². The van der Waals surface area contributed by atoms with Crippen molar-refractivity contribution in [2.24, 2.45) is 0 Å². The molecule has 1 heterocycles. The number of nitrogens with zero attached hydrogens (tertiary/aromatic N) is 1. The minimum absolute atomic E-state index is 0.0612. The van der Waals surface area contributed by atoms with E-state index in [1.54, 1.807) is 36.4 Å². The molecule has 8 nitrogen and oxygen atoms in total. The lowest BCUT2D eigenvalue weighted by atomic mass is 10.1. The van der Waals surface area contributed by atoms with Gasteiger partial charge in [-0.1, -0.05) is 54.6 Å². The van der Waals surface area contributed by atoms with Gasteiger partial charge >= 0.3 is 6.03 Å². The van der Waals surface area contributed by atoms with Crippen LogP contribution in [0.4, 0.5) is 16.2 Å². The number of para-hydroxylation sites is 1. The van der Waals surface area contributed by atoms with Gasteiger partial charge in [0.25, 0.3) is 5.91 Å². The highest BCUT2D eigenvalue weighted by atomic mass is 16.5. The maximum Gasteiger partial charge on any atom is 0.323 e. The molecule has 204 valence electrons. The number of rotatable bonds is 9. The number of methoxy groups -OCH3 is 1. The molecule has 1 unspecified atom stereocenters. The van der Waals surface area contributed by atoms with Gasteiger partial charge in [-0.25, -0.2) is 4.79 Å². The lowest BCUT2D eigenvalue weighted by molar-refractivity contribution is 0.0934. The summed E-state index contributed by atoms with van der Waals surface area (Å²) in [4.78, 5) is 28.1. The summed E-state index contributed by atoms with van der Waals surface area (Å²) in [7, 11) is 1.51. The maximum atomic E-state index is 13.1. The number of ether oxygens (including phenoxy) is 2. The third-order valence-electron chi connectivity index (χ3n) is 6.63. The van der Waals surface area contributed by atoms with Crippen molar-refractivity contribution < 1.29 is 19.1 Å². The number of carbonyl (C=O) groups is 2. The first-order chi connectivity index (χ1) is 19.6. The fraction of sp³-hybridized carbons (Fsp3) is 0.188. The molecule has 40 heavy (non-hydrogen) atoms. The van der Waals surface area contributed by atoms with Crippen molar-refractivity contribution in [1.29, 1.82) is 0 Å². The molecule has 3 N–H and O–H groups in total. The van der Waals surface area contributed by atoms with Crippen LogP contribution in [-0.4, -0.2) is 43.1 Å². The summed E-state index contributed by atoms with van der Waals surface area (Å²) in [5.41, 5.74) is 2.75. The zero-order valence-electron chi connectivity index (χ0n) is 22.3. The zero-order chi connectivity index (χ0) is 27.7. The van der Waals surface area contributed by atoms with Crippen molar-refractivity contribution in [1.82, 2.24) is 10.2 Å². The van der Waals surface area contributed by atoms with Crippen molar-refractivity contribution >= 4 is 23.3 Å². The van der Waals surface area contributed by atoms with Gasteiger partial charge in [0.15, 0.2) is 0 Å². The summed E-state index contributed by atoms with van der Waals surface area (Å²) in [5, 5.41) is 8.73. The van der Waals surface area contributed by atoms with Gasteiger partial charge in [-0.05, 0) is 48.4 Å². The van der Waals surface area contributed by atoms with Gasteiger partial charge in [-0.2, -0.15) is 0 Å². The number of amides is 3. The molecule has 1 aliphatic rings. The first kappa shape index (κ1) is 26.8. The Morgan fingerprint density at radius 2 is 1.52 bits per heavy atom. The van der Waals surface area contributed by atoms with Crippen LogP contribution >= 0.6 is 0 Å². The van der Waals surface area contributed by atoms with Crippen LogP contribution in [0.3, 0.4) is 0 Å². The Kier molecular flexibility index (Phi) is 8.58. The minimum atomic E-state index is -0.430. The van der Waals surface area contributed by atoms with Crippen LogP contribution in [0.2, 0.25) is 0 Å². The van der Waals surface area contributed by atoms with E-state index in [1.807, 2.05) is 54.6 Å². The van der Waals surface area contributed by atoms with Crippen molar-refractivity contribution in [3.63, 3.8) is 0 Å². The Hall–Kier alpha value is -4.82. The molecule has 0 spiro atoms. The van der Waals surface area contributed by atoms with Crippen LogP contribution < -0.4 is 25.4 Å². The Morgan fingerprint density at radius 1 is 0.825 bits per heavy atom. The van der Waals surface area contributed by atoms with E-state index in [2.05, 4.69) is 33.0 Å².